The van der Waals surface area contributed by atoms with Crippen LogP contribution in [0.25, 0.3) is 0 Å². The van der Waals surface area contributed by atoms with Crippen LogP contribution in [0, 0.1) is 0 Å². The molecule has 23 heavy (non-hydrogen) atoms. The van der Waals surface area contributed by atoms with Gasteiger partial charge >= 0.3 is 0 Å². The average Bonchev–Trinajstić information content (AvgIpc) is 2.99. The Morgan fingerprint density at radius 3 is 2.96 bits per heavy atom. The number of aromatic nitrogens is 3. The van der Waals surface area contributed by atoms with Gasteiger partial charge in [-0.3, -0.25) is 19.4 Å². The molecule has 0 aromatic carbocycles. The molecule has 2 aliphatic rings. The summed E-state index contributed by atoms with van der Waals surface area (Å²) in [6, 6.07) is 6.25. The van der Waals surface area contributed by atoms with E-state index in [0.29, 0.717) is 12.6 Å². The summed E-state index contributed by atoms with van der Waals surface area (Å²) < 4.78 is 1.88. The van der Waals surface area contributed by atoms with Crippen LogP contribution in [0.5, 0.6) is 0 Å². The molecule has 2 aromatic heterocycles. The number of pyridine rings is 1. The lowest BCUT2D eigenvalue weighted by Crippen LogP contribution is -2.50. The average molecular weight is 311 g/mol. The van der Waals surface area contributed by atoms with Crippen molar-refractivity contribution in [2.45, 2.75) is 44.4 Å². The second-order valence-corrected chi connectivity index (χ2v) is 6.38. The van der Waals surface area contributed by atoms with Gasteiger partial charge in [0.15, 0.2) is 0 Å². The Labute approximate surface area is 135 Å². The minimum Gasteiger partial charge on any atom is -0.350 e. The Morgan fingerprint density at radius 1 is 1.30 bits per heavy atom. The third-order valence-corrected chi connectivity index (χ3v) is 4.90. The fourth-order valence-corrected chi connectivity index (χ4v) is 3.35. The molecule has 6 heteroatoms. The topological polar surface area (TPSA) is 63.1 Å². The number of hydrogen-bond acceptors (Lipinski definition) is 4. The third kappa shape index (κ3) is 2.86. The molecule has 1 aliphatic heterocycles. The molecule has 1 N–H and O–H groups in total. The molecule has 1 fully saturated rings. The fourth-order valence-electron chi connectivity index (χ4n) is 3.35. The summed E-state index contributed by atoms with van der Waals surface area (Å²) in [7, 11) is 0. The van der Waals surface area contributed by atoms with E-state index in [1.165, 1.54) is 19.3 Å². The Kier molecular flexibility index (Phi) is 3.83. The second kappa shape index (κ2) is 6.12. The standard InChI is InChI=1S/C17H21N5O/c23-17(19-10-13-3-2-7-18-9-13)16-12-21(14-4-1-5-14)11-15-6-8-20-22(15)16/h2-3,6-9,14,16H,1,4-5,10-12H2,(H,19,23). The molecular formula is C17H21N5O. The van der Waals surface area contributed by atoms with Crippen molar-refractivity contribution in [3.63, 3.8) is 0 Å². The molecule has 0 bridgehead atoms. The molecule has 4 rings (SSSR count). The largest absolute Gasteiger partial charge is 0.350 e. The van der Waals surface area contributed by atoms with Gasteiger partial charge < -0.3 is 5.32 Å². The highest BCUT2D eigenvalue weighted by atomic mass is 16.2. The molecule has 1 atom stereocenters. The van der Waals surface area contributed by atoms with E-state index in [1.807, 2.05) is 22.9 Å². The number of rotatable bonds is 4. The first-order chi connectivity index (χ1) is 11.3. The van der Waals surface area contributed by atoms with Crippen molar-refractivity contribution < 1.29 is 4.79 Å². The zero-order valence-electron chi connectivity index (χ0n) is 13.1. The van der Waals surface area contributed by atoms with E-state index in [0.717, 1.165) is 24.3 Å². The van der Waals surface area contributed by atoms with Gasteiger partial charge in [0.2, 0.25) is 5.91 Å². The summed E-state index contributed by atoms with van der Waals surface area (Å²) in [6.07, 6.45) is 9.11. The van der Waals surface area contributed by atoms with Crippen LogP contribution in [-0.2, 0) is 17.9 Å². The van der Waals surface area contributed by atoms with Crippen LogP contribution in [0.15, 0.2) is 36.8 Å². The molecule has 2 aromatic rings. The van der Waals surface area contributed by atoms with Crippen molar-refractivity contribution in [3.05, 3.63) is 48.0 Å². The van der Waals surface area contributed by atoms with Crippen LogP contribution in [0.4, 0.5) is 0 Å². The maximum absolute atomic E-state index is 12.7. The van der Waals surface area contributed by atoms with Gasteiger partial charge in [0.05, 0.1) is 5.69 Å². The summed E-state index contributed by atoms with van der Waals surface area (Å²) in [5, 5.41) is 7.40. The fraction of sp³-hybridized carbons (Fsp3) is 0.471. The molecule has 6 nitrogen and oxygen atoms in total. The van der Waals surface area contributed by atoms with Crippen molar-refractivity contribution in [1.29, 1.82) is 0 Å². The first kappa shape index (κ1) is 14.4. The summed E-state index contributed by atoms with van der Waals surface area (Å²) in [5.41, 5.74) is 2.14. The second-order valence-electron chi connectivity index (χ2n) is 6.38. The number of carbonyl (C=O) groups is 1. The first-order valence-electron chi connectivity index (χ1n) is 8.24. The highest BCUT2D eigenvalue weighted by molar-refractivity contribution is 5.80. The van der Waals surface area contributed by atoms with E-state index in [-0.39, 0.29) is 11.9 Å². The van der Waals surface area contributed by atoms with Crippen LogP contribution in [0.3, 0.4) is 0 Å². The molecular weight excluding hydrogens is 290 g/mol. The molecule has 120 valence electrons. The normalized spacial score (nSPS) is 21.5. The number of hydrogen-bond donors (Lipinski definition) is 1. The van der Waals surface area contributed by atoms with E-state index in [2.05, 4.69) is 20.3 Å². The Bertz CT molecular complexity index is 679. The minimum atomic E-state index is -0.244. The van der Waals surface area contributed by atoms with Crippen LogP contribution < -0.4 is 5.32 Å². The number of fused-ring (bicyclic) bond motifs is 1. The number of amides is 1. The molecule has 0 spiro atoms. The Morgan fingerprint density at radius 2 is 2.22 bits per heavy atom. The molecule has 0 radical (unpaired) electrons. The van der Waals surface area contributed by atoms with Crippen molar-refractivity contribution in [1.82, 2.24) is 25.0 Å². The predicted molar refractivity (Wildman–Crippen MR) is 85.4 cm³/mol. The third-order valence-electron chi connectivity index (χ3n) is 4.90. The smallest absolute Gasteiger partial charge is 0.246 e. The van der Waals surface area contributed by atoms with Gasteiger partial charge in [-0.25, -0.2) is 0 Å². The van der Waals surface area contributed by atoms with Gasteiger partial charge in [-0.15, -0.1) is 0 Å². The Balaban J connectivity index is 1.47. The lowest BCUT2D eigenvalue weighted by molar-refractivity contribution is -0.126. The molecule has 1 aliphatic carbocycles. The summed E-state index contributed by atoms with van der Waals surface area (Å²) in [5.74, 6) is 0.0304. The molecule has 1 saturated carbocycles. The number of nitrogens with zero attached hydrogens (tertiary/aromatic N) is 4. The van der Waals surface area contributed by atoms with Crippen LogP contribution in [-0.4, -0.2) is 38.2 Å². The summed E-state index contributed by atoms with van der Waals surface area (Å²) in [6.45, 7) is 2.15. The summed E-state index contributed by atoms with van der Waals surface area (Å²) in [4.78, 5) is 19.2. The molecule has 0 saturated heterocycles. The van der Waals surface area contributed by atoms with Crippen molar-refractivity contribution in [3.8, 4) is 0 Å². The van der Waals surface area contributed by atoms with Crippen molar-refractivity contribution >= 4 is 5.91 Å². The van der Waals surface area contributed by atoms with E-state index < -0.39 is 0 Å². The van der Waals surface area contributed by atoms with Crippen LogP contribution in [0.1, 0.15) is 36.6 Å². The monoisotopic (exact) mass is 311 g/mol. The molecule has 1 amide bonds. The zero-order chi connectivity index (χ0) is 15.6. The van der Waals surface area contributed by atoms with Gasteiger partial charge in [-0.05, 0) is 30.5 Å². The highest BCUT2D eigenvalue weighted by Crippen LogP contribution is 2.30. The van der Waals surface area contributed by atoms with E-state index in [1.54, 1.807) is 18.6 Å². The van der Waals surface area contributed by atoms with Gasteiger partial charge in [0.1, 0.15) is 6.04 Å². The highest BCUT2D eigenvalue weighted by Gasteiger charge is 2.35. The van der Waals surface area contributed by atoms with Crippen molar-refractivity contribution in [2.24, 2.45) is 0 Å². The number of carbonyl (C=O) groups excluding carboxylic acids is 1. The minimum absolute atomic E-state index is 0.0304. The van der Waals surface area contributed by atoms with Gasteiger partial charge in [0, 0.05) is 44.3 Å². The first-order valence-corrected chi connectivity index (χ1v) is 8.24. The number of nitrogens with one attached hydrogen (secondary N) is 1. The SMILES string of the molecule is O=C(NCc1cccnc1)C1CN(C2CCC2)Cc2ccnn21. The quantitative estimate of drug-likeness (QED) is 0.929. The Hall–Kier alpha value is -2.21. The molecule has 1 unspecified atom stereocenters. The van der Waals surface area contributed by atoms with Crippen LogP contribution >= 0.6 is 0 Å². The van der Waals surface area contributed by atoms with E-state index in [4.69, 9.17) is 0 Å². The van der Waals surface area contributed by atoms with Gasteiger partial charge in [-0.1, -0.05) is 12.5 Å². The van der Waals surface area contributed by atoms with Gasteiger partial charge in [-0.2, -0.15) is 5.10 Å². The van der Waals surface area contributed by atoms with Crippen molar-refractivity contribution in [2.75, 3.05) is 6.54 Å². The van der Waals surface area contributed by atoms with Gasteiger partial charge in [0.25, 0.3) is 0 Å². The van der Waals surface area contributed by atoms with E-state index in [9.17, 15) is 4.79 Å². The summed E-state index contributed by atoms with van der Waals surface area (Å²) >= 11 is 0. The zero-order valence-corrected chi connectivity index (χ0v) is 13.1. The van der Waals surface area contributed by atoms with Crippen LogP contribution in [0.2, 0.25) is 0 Å². The maximum Gasteiger partial charge on any atom is 0.246 e. The molecule has 3 heterocycles. The lowest BCUT2D eigenvalue weighted by atomic mass is 9.90. The maximum atomic E-state index is 12.7. The lowest BCUT2D eigenvalue weighted by Gasteiger charge is -2.42. The van der Waals surface area contributed by atoms with E-state index >= 15 is 0 Å². The predicted octanol–water partition coefficient (Wildman–Crippen LogP) is 1.50.